The Morgan fingerprint density at radius 1 is 0.859 bits per heavy atom. The van der Waals surface area contributed by atoms with Gasteiger partial charge in [-0.3, -0.25) is 14.4 Å². The molecule has 2 bridgehead atoms. The second-order valence-electron chi connectivity index (χ2n) is 20.0. The minimum absolute atomic E-state index is 0.0329. The Morgan fingerprint density at radius 3 is 2.25 bits per heavy atom. The molecule has 0 radical (unpaired) electrons. The molecular formula is C51H81NO12. The van der Waals surface area contributed by atoms with E-state index in [1.54, 1.807) is 34.0 Å². The number of carbonyl (C=O) groups is 4. The van der Waals surface area contributed by atoms with Crippen LogP contribution in [-0.2, 0) is 38.1 Å². The van der Waals surface area contributed by atoms with E-state index in [0.717, 1.165) is 18.4 Å². The average Bonchev–Trinajstić information content (AvgIpc) is 3.26. The summed E-state index contributed by atoms with van der Waals surface area (Å²) in [5.74, 6) is -5.81. The van der Waals surface area contributed by atoms with Crippen molar-refractivity contribution >= 4 is 23.4 Å². The third kappa shape index (κ3) is 14.0. The number of cyclic esters (lactones) is 1. The van der Waals surface area contributed by atoms with Crippen LogP contribution in [0.3, 0.4) is 0 Å². The van der Waals surface area contributed by atoms with Gasteiger partial charge < -0.3 is 44.3 Å². The maximum Gasteiger partial charge on any atom is 0.329 e. The van der Waals surface area contributed by atoms with Crippen LogP contribution in [0.15, 0.2) is 47.6 Å². The van der Waals surface area contributed by atoms with E-state index < -0.39 is 72.0 Å². The van der Waals surface area contributed by atoms with Gasteiger partial charge in [0.2, 0.25) is 5.79 Å². The first-order valence-corrected chi connectivity index (χ1v) is 24.0. The number of Topliss-reactive ketones (excluding diaryl/α,β-unsaturated/α-hetero) is 2. The highest BCUT2D eigenvalue weighted by Crippen LogP contribution is 2.39. The van der Waals surface area contributed by atoms with E-state index in [2.05, 4.69) is 0 Å². The summed E-state index contributed by atoms with van der Waals surface area (Å²) >= 11 is 0. The van der Waals surface area contributed by atoms with Gasteiger partial charge in [0.25, 0.3) is 5.91 Å². The van der Waals surface area contributed by atoms with Crippen molar-refractivity contribution in [1.29, 1.82) is 0 Å². The number of ketones is 2. The van der Waals surface area contributed by atoms with E-state index in [4.69, 9.17) is 18.9 Å². The molecule has 4 N–H and O–H groups in total. The van der Waals surface area contributed by atoms with Gasteiger partial charge in [-0.2, -0.15) is 0 Å². The zero-order valence-electron chi connectivity index (χ0n) is 40.3. The van der Waals surface area contributed by atoms with E-state index in [0.29, 0.717) is 56.9 Å². The first-order chi connectivity index (χ1) is 30.2. The Labute approximate surface area is 382 Å². The summed E-state index contributed by atoms with van der Waals surface area (Å²) in [6, 6.07) is -1.06. The number of nitrogens with zero attached hydrogens (tertiary/aromatic N) is 1. The van der Waals surface area contributed by atoms with Crippen molar-refractivity contribution in [2.45, 2.75) is 187 Å². The van der Waals surface area contributed by atoms with E-state index in [1.165, 1.54) is 12.0 Å². The molecule has 0 aromatic carbocycles. The van der Waals surface area contributed by atoms with Gasteiger partial charge in [-0.25, -0.2) is 4.79 Å². The summed E-state index contributed by atoms with van der Waals surface area (Å²) in [6.45, 7) is 15.0. The third-order valence-corrected chi connectivity index (χ3v) is 14.7. The summed E-state index contributed by atoms with van der Waals surface area (Å²) < 4.78 is 24.0. The molecule has 2 saturated heterocycles. The van der Waals surface area contributed by atoms with Crippen LogP contribution in [0.25, 0.3) is 0 Å². The van der Waals surface area contributed by atoms with Crippen LogP contribution in [-0.4, -0.2) is 124 Å². The van der Waals surface area contributed by atoms with Crippen LogP contribution in [0.2, 0.25) is 0 Å². The van der Waals surface area contributed by atoms with Crippen molar-refractivity contribution < 1.29 is 58.6 Å². The summed E-state index contributed by atoms with van der Waals surface area (Å²) in [5.41, 5.74) is 1.31. The molecule has 1 aliphatic carbocycles. The SMILES string of the molecule is COC1CC2CCC(C)C(O)(O2)C(O)C(=O)N2CCCCC2C(=O)OC(C(C)CC2CCC(O)C(C)C2)CC(=O)C(C)/C=C(\C)C(O)C(OC)C(=O)C(C)CC(C)/C=C/C=C/C=C/1C. The van der Waals surface area contributed by atoms with Crippen LogP contribution in [0.5, 0.6) is 0 Å². The number of carbonyl (C=O) groups excluding carboxylic acids is 4. The standard InChI is InChI=1S/C51H81NO12/c1-30-16-12-11-13-17-31(2)43(61-9)28-39-21-19-37(8)51(60,64-39)48(57)49(58)52-23-15-14-18-40(52)50(59)63-44(34(5)27-38-20-22-41(53)33(4)26-38)29-42(54)32(3)25-36(7)46(56)47(62-10)45(55)35(6)24-30/h11-13,16-17,25,30,32-35,37-41,43-44,46-48,53,56-57,60H,14-15,18-24,26-29H2,1-10H3/b13-11+,16-12+,31-17+,36-25+. The van der Waals surface area contributed by atoms with Crippen molar-refractivity contribution in [2.24, 2.45) is 41.4 Å². The highest BCUT2D eigenvalue weighted by atomic mass is 16.6. The third-order valence-electron chi connectivity index (χ3n) is 14.7. The lowest BCUT2D eigenvalue weighted by Gasteiger charge is -2.46. The number of hydrogen-bond donors (Lipinski definition) is 4. The molecule has 1 amide bonds. The summed E-state index contributed by atoms with van der Waals surface area (Å²) in [5, 5.41) is 45.6. The molecule has 1 saturated carbocycles. The topological polar surface area (TPSA) is 189 Å². The summed E-state index contributed by atoms with van der Waals surface area (Å²) in [4.78, 5) is 57.8. The summed E-state index contributed by atoms with van der Waals surface area (Å²) in [7, 11) is 2.99. The maximum atomic E-state index is 14.4. The number of allylic oxidation sites excluding steroid dienone is 6. The van der Waals surface area contributed by atoms with Gasteiger partial charge in [0.15, 0.2) is 11.9 Å². The van der Waals surface area contributed by atoms with Crippen LogP contribution < -0.4 is 0 Å². The number of hydrogen-bond acceptors (Lipinski definition) is 12. The number of fused-ring (bicyclic) bond motifs is 3. The van der Waals surface area contributed by atoms with Crippen molar-refractivity contribution in [2.75, 3.05) is 20.8 Å². The molecule has 3 aliphatic heterocycles. The van der Waals surface area contributed by atoms with Crippen LogP contribution in [0.1, 0.15) is 132 Å². The van der Waals surface area contributed by atoms with Crippen molar-refractivity contribution in [3.63, 3.8) is 0 Å². The number of piperidine rings is 1. The largest absolute Gasteiger partial charge is 0.460 e. The average molecular weight is 900 g/mol. The fourth-order valence-corrected chi connectivity index (χ4v) is 10.3. The van der Waals surface area contributed by atoms with Crippen LogP contribution >= 0.6 is 0 Å². The fourth-order valence-electron chi connectivity index (χ4n) is 10.3. The maximum absolute atomic E-state index is 14.4. The molecule has 3 fully saturated rings. The number of methoxy groups -OCH3 is 2. The molecule has 13 heteroatoms. The van der Waals surface area contributed by atoms with Crippen molar-refractivity contribution in [3.05, 3.63) is 47.6 Å². The molecule has 0 aromatic rings. The Hall–Kier alpha value is -3.04. The minimum atomic E-state index is -2.22. The molecule has 16 atom stereocenters. The molecule has 3 heterocycles. The Morgan fingerprint density at radius 2 is 1.58 bits per heavy atom. The highest BCUT2D eigenvalue weighted by Gasteiger charge is 2.53. The second kappa shape index (κ2) is 24.6. The van der Waals surface area contributed by atoms with Crippen LogP contribution in [0, 0.1) is 41.4 Å². The molecule has 362 valence electrons. The normalized spacial score (nSPS) is 42.0. The van der Waals surface area contributed by atoms with E-state index in [1.807, 2.05) is 65.0 Å². The zero-order valence-corrected chi connectivity index (χ0v) is 40.3. The van der Waals surface area contributed by atoms with Crippen molar-refractivity contribution in [1.82, 2.24) is 4.90 Å². The number of ether oxygens (including phenoxy) is 4. The van der Waals surface area contributed by atoms with Gasteiger partial charge in [-0.05, 0) is 113 Å². The number of amides is 1. The predicted octanol–water partition coefficient (Wildman–Crippen LogP) is 6.59. The Balaban J connectivity index is 1.70. The Bertz CT molecular complexity index is 1690. The summed E-state index contributed by atoms with van der Waals surface area (Å²) in [6.07, 6.45) is 10.9. The second-order valence-corrected chi connectivity index (χ2v) is 20.0. The lowest BCUT2D eigenvalue weighted by Crippen LogP contribution is -2.63. The number of esters is 1. The Kier molecular flexibility index (Phi) is 20.6. The number of rotatable bonds is 5. The van der Waals surface area contributed by atoms with Crippen molar-refractivity contribution in [3.8, 4) is 0 Å². The van der Waals surface area contributed by atoms with Gasteiger partial charge in [-0.15, -0.1) is 0 Å². The van der Waals surface area contributed by atoms with Crippen LogP contribution in [0.4, 0.5) is 0 Å². The van der Waals surface area contributed by atoms with Gasteiger partial charge in [0.1, 0.15) is 30.1 Å². The molecule has 64 heavy (non-hydrogen) atoms. The first kappa shape index (κ1) is 53.6. The minimum Gasteiger partial charge on any atom is -0.460 e. The number of aliphatic hydroxyl groups is 4. The lowest BCUT2D eigenvalue weighted by atomic mass is 9.75. The molecule has 4 aliphatic rings. The molecule has 0 aromatic heterocycles. The van der Waals surface area contributed by atoms with E-state index >= 15 is 0 Å². The highest BCUT2D eigenvalue weighted by molar-refractivity contribution is 5.89. The monoisotopic (exact) mass is 900 g/mol. The quantitative estimate of drug-likeness (QED) is 0.171. The van der Waals surface area contributed by atoms with E-state index in [9.17, 15) is 39.6 Å². The molecular weight excluding hydrogens is 819 g/mol. The zero-order chi connectivity index (χ0) is 47.5. The molecule has 4 rings (SSSR count). The first-order valence-electron chi connectivity index (χ1n) is 24.0. The smallest absolute Gasteiger partial charge is 0.329 e. The number of aliphatic hydroxyl groups excluding tert-OH is 3. The lowest BCUT2D eigenvalue weighted by molar-refractivity contribution is -0.317. The van der Waals surface area contributed by atoms with E-state index in [-0.39, 0.29) is 66.8 Å². The molecule has 16 unspecified atom stereocenters. The van der Waals surface area contributed by atoms with Gasteiger partial charge in [0.05, 0.1) is 18.3 Å². The van der Waals surface area contributed by atoms with Gasteiger partial charge in [-0.1, -0.05) is 78.0 Å². The fraction of sp³-hybridized carbons (Fsp3) is 0.765. The van der Waals surface area contributed by atoms with Gasteiger partial charge >= 0.3 is 5.97 Å². The molecule has 13 nitrogen and oxygen atoms in total. The van der Waals surface area contributed by atoms with Gasteiger partial charge in [0, 0.05) is 51.4 Å². The predicted molar refractivity (Wildman–Crippen MR) is 245 cm³/mol. The molecule has 0 spiro atoms.